The van der Waals surface area contributed by atoms with Gasteiger partial charge in [-0.2, -0.15) is 11.8 Å². The molecule has 0 amide bonds. The Balaban J connectivity index is 0.00000200. The zero-order valence-corrected chi connectivity index (χ0v) is 16.1. The molecule has 1 aliphatic heterocycles. The van der Waals surface area contributed by atoms with Crippen molar-refractivity contribution in [1.82, 2.24) is 10.2 Å². The van der Waals surface area contributed by atoms with Gasteiger partial charge in [-0.1, -0.05) is 32.6 Å². The highest BCUT2D eigenvalue weighted by atomic mass is 127. The van der Waals surface area contributed by atoms with E-state index < -0.39 is 0 Å². The summed E-state index contributed by atoms with van der Waals surface area (Å²) in [6, 6.07) is 0. The number of unbranched alkanes of at least 4 members (excludes halogenated alkanes) is 1. The molecule has 0 radical (unpaired) electrons. The molecule has 20 heavy (non-hydrogen) atoms. The molecule has 1 saturated heterocycles. The number of thioether (sulfide) groups is 1. The minimum atomic E-state index is 0. The topological polar surface area (TPSA) is 27.6 Å². The number of hydrogen-bond acceptors (Lipinski definition) is 2. The third-order valence-electron chi connectivity index (χ3n) is 4.34. The zero-order valence-electron chi connectivity index (χ0n) is 13.0. The second kappa shape index (κ2) is 9.38. The normalized spacial score (nSPS) is 22.5. The molecule has 2 rings (SSSR count). The van der Waals surface area contributed by atoms with Gasteiger partial charge in [0, 0.05) is 37.2 Å². The quantitative estimate of drug-likeness (QED) is 0.332. The van der Waals surface area contributed by atoms with Crippen LogP contribution in [0.25, 0.3) is 0 Å². The summed E-state index contributed by atoms with van der Waals surface area (Å²) < 4.78 is 0.527. The number of nitrogens with zero attached hydrogens (tertiary/aromatic N) is 2. The standard InChI is InChI=1S/C15H29N3S.HI/c1-3-4-10-17-14(16-2)18-11-12-19-15(13-18)8-6-5-7-9-15;/h3-13H2,1-2H3,(H,16,17);1H. The molecule has 1 aliphatic carbocycles. The zero-order chi connectivity index (χ0) is 13.6. The average Bonchev–Trinajstić information content (AvgIpc) is 2.44. The predicted molar refractivity (Wildman–Crippen MR) is 102 cm³/mol. The first kappa shape index (κ1) is 18.4. The van der Waals surface area contributed by atoms with Crippen molar-refractivity contribution in [2.45, 2.75) is 56.6 Å². The summed E-state index contributed by atoms with van der Waals surface area (Å²) >= 11 is 2.22. The lowest BCUT2D eigenvalue weighted by molar-refractivity contribution is 0.293. The number of halogens is 1. The van der Waals surface area contributed by atoms with Gasteiger partial charge in [-0.25, -0.2) is 0 Å². The molecule has 1 heterocycles. The Morgan fingerprint density at radius 3 is 2.70 bits per heavy atom. The molecule has 0 aromatic rings. The van der Waals surface area contributed by atoms with Crippen LogP contribution in [0.5, 0.6) is 0 Å². The Morgan fingerprint density at radius 2 is 2.05 bits per heavy atom. The summed E-state index contributed by atoms with van der Waals surface area (Å²) in [5.41, 5.74) is 0. The molecule has 2 fully saturated rings. The first-order valence-corrected chi connectivity index (χ1v) is 8.88. The summed E-state index contributed by atoms with van der Waals surface area (Å²) in [7, 11) is 1.92. The van der Waals surface area contributed by atoms with E-state index in [0.29, 0.717) is 4.75 Å². The Labute approximate surface area is 145 Å². The van der Waals surface area contributed by atoms with Gasteiger partial charge in [0.05, 0.1) is 0 Å². The second-order valence-corrected chi connectivity index (χ2v) is 7.40. The highest BCUT2D eigenvalue weighted by Crippen LogP contribution is 2.42. The van der Waals surface area contributed by atoms with Crippen LogP contribution in [-0.2, 0) is 0 Å². The highest BCUT2D eigenvalue weighted by Gasteiger charge is 2.38. The molecule has 3 nitrogen and oxygen atoms in total. The van der Waals surface area contributed by atoms with E-state index in [9.17, 15) is 0 Å². The molecule has 1 N–H and O–H groups in total. The molecule has 0 atom stereocenters. The van der Waals surface area contributed by atoms with E-state index in [1.807, 2.05) is 7.05 Å². The predicted octanol–water partition coefficient (Wildman–Crippen LogP) is 3.73. The van der Waals surface area contributed by atoms with Crippen molar-refractivity contribution in [3.8, 4) is 0 Å². The first-order valence-electron chi connectivity index (χ1n) is 7.89. The molecule has 0 unspecified atom stereocenters. The van der Waals surface area contributed by atoms with E-state index in [1.165, 1.54) is 57.2 Å². The molecule has 0 aromatic heterocycles. The monoisotopic (exact) mass is 411 g/mol. The fraction of sp³-hybridized carbons (Fsp3) is 0.933. The minimum absolute atomic E-state index is 0. The maximum Gasteiger partial charge on any atom is 0.193 e. The number of rotatable bonds is 3. The van der Waals surface area contributed by atoms with E-state index in [0.717, 1.165) is 19.0 Å². The van der Waals surface area contributed by atoms with Crippen molar-refractivity contribution in [3.05, 3.63) is 0 Å². The van der Waals surface area contributed by atoms with Gasteiger partial charge in [0.25, 0.3) is 0 Å². The van der Waals surface area contributed by atoms with E-state index in [2.05, 4.69) is 33.9 Å². The summed E-state index contributed by atoms with van der Waals surface area (Å²) in [4.78, 5) is 6.98. The van der Waals surface area contributed by atoms with Crippen LogP contribution >= 0.6 is 35.7 Å². The molecule has 118 valence electrons. The maximum atomic E-state index is 4.48. The molecule has 2 aliphatic rings. The Hall–Kier alpha value is 0.350. The summed E-state index contributed by atoms with van der Waals surface area (Å²) in [5.74, 6) is 2.38. The Kier molecular flexibility index (Phi) is 8.63. The molecule has 5 heteroatoms. The Bertz CT molecular complexity index is 298. The van der Waals surface area contributed by atoms with Crippen molar-refractivity contribution in [2.24, 2.45) is 4.99 Å². The van der Waals surface area contributed by atoms with Crippen molar-refractivity contribution >= 4 is 41.7 Å². The lowest BCUT2D eigenvalue weighted by Crippen LogP contribution is -2.53. The molecule has 0 bridgehead atoms. The van der Waals surface area contributed by atoms with Crippen LogP contribution in [0.2, 0.25) is 0 Å². The van der Waals surface area contributed by atoms with Gasteiger partial charge >= 0.3 is 0 Å². The van der Waals surface area contributed by atoms with Crippen LogP contribution in [0.1, 0.15) is 51.9 Å². The molecular formula is C15H30IN3S. The largest absolute Gasteiger partial charge is 0.356 e. The van der Waals surface area contributed by atoms with Crippen molar-refractivity contribution in [1.29, 1.82) is 0 Å². The van der Waals surface area contributed by atoms with E-state index in [1.54, 1.807) is 0 Å². The third-order valence-corrected chi connectivity index (χ3v) is 5.87. The average molecular weight is 411 g/mol. The smallest absolute Gasteiger partial charge is 0.193 e. The van der Waals surface area contributed by atoms with Crippen LogP contribution in [0.3, 0.4) is 0 Å². The highest BCUT2D eigenvalue weighted by molar-refractivity contribution is 14.0. The Morgan fingerprint density at radius 1 is 1.30 bits per heavy atom. The van der Waals surface area contributed by atoms with Crippen molar-refractivity contribution in [2.75, 3.05) is 32.4 Å². The van der Waals surface area contributed by atoms with Gasteiger partial charge in [0.15, 0.2) is 5.96 Å². The van der Waals surface area contributed by atoms with Crippen LogP contribution in [0, 0.1) is 0 Å². The van der Waals surface area contributed by atoms with Crippen LogP contribution in [0.15, 0.2) is 4.99 Å². The lowest BCUT2D eigenvalue weighted by Gasteiger charge is -2.45. The van der Waals surface area contributed by atoms with Crippen molar-refractivity contribution in [3.63, 3.8) is 0 Å². The van der Waals surface area contributed by atoms with Crippen LogP contribution in [-0.4, -0.2) is 48.0 Å². The van der Waals surface area contributed by atoms with E-state index in [4.69, 9.17) is 0 Å². The number of aliphatic imine (C=N–C) groups is 1. The van der Waals surface area contributed by atoms with Crippen LogP contribution < -0.4 is 5.32 Å². The fourth-order valence-corrected chi connectivity index (χ4v) is 4.80. The van der Waals surface area contributed by atoms with Gasteiger partial charge < -0.3 is 10.2 Å². The van der Waals surface area contributed by atoms with Crippen molar-refractivity contribution < 1.29 is 0 Å². The molecule has 1 spiro atoms. The summed E-state index contributed by atoms with van der Waals surface area (Å²) in [6.07, 6.45) is 9.55. The SMILES string of the molecule is CCCCNC(=NC)N1CCSC2(CCCCC2)C1.I. The number of guanidine groups is 1. The van der Waals surface area contributed by atoms with Gasteiger partial charge in [-0.05, 0) is 19.3 Å². The van der Waals surface area contributed by atoms with Crippen LogP contribution in [0.4, 0.5) is 0 Å². The van der Waals surface area contributed by atoms with E-state index in [-0.39, 0.29) is 24.0 Å². The summed E-state index contributed by atoms with van der Waals surface area (Å²) in [6.45, 7) is 5.64. The minimum Gasteiger partial charge on any atom is -0.356 e. The maximum absolute atomic E-state index is 4.48. The number of hydrogen-bond donors (Lipinski definition) is 1. The second-order valence-electron chi connectivity index (χ2n) is 5.84. The molecular weight excluding hydrogens is 381 g/mol. The van der Waals surface area contributed by atoms with Gasteiger partial charge in [-0.15, -0.1) is 24.0 Å². The molecule has 1 saturated carbocycles. The third kappa shape index (κ3) is 4.97. The number of nitrogens with one attached hydrogen (secondary N) is 1. The van der Waals surface area contributed by atoms with Gasteiger partial charge in [0.2, 0.25) is 0 Å². The summed E-state index contributed by atoms with van der Waals surface area (Å²) in [5, 5.41) is 3.53. The van der Waals surface area contributed by atoms with E-state index >= 15 is 0 Å². The molecule has 0 aromatic carbocycles. The van der Waals surface area contributed by atoms with Gasteiger partial charge in [-0.3, -0.25) is 4.99 Å². The fourth-order valence-electron chi connectivity index (χ4n) is 3.23. The lowest BCUT2D eigenvalue weighted by atomic mass is 9.87. The van der Waals surface area contributed by atoms with Gasteiger partial charge in [0.1, 0.15) is 0 Å². The first-order chi connectivity index (χ1) is 9.29.